The van der Waals surface area contributed by atoms with Crippen molar-refractivity contribution in [1.29, 1.82) is 0 Å². The normalized spacial score (nSPS) is 14.0. The van der Waals surface area contributed by atoms with Gasteiger partial charge in [-0.3, -0.25) is 19.0 Å². The molecule has 2 aromatic carbocycles. The Morgan fingerprint density at radius 1 is 0.848 bits per heavy atom. The quantitative estimate of drug-likeness (QED) is 0.472. The molecule has 0 atom stereocenters. The lowest BCUT2D eigenvalue weighted by molar-refractivity contribution is 0.0538. The van der Waals surface area contributed by atoms with Crippen LogP contribution in [-0.4, -0.2) is 57.3 Å². The molecule has 7 nitrogen and oxygen atoms in total. The highest BCUT2D eigenvalue weighted by Crippen LogP contribution is 2.17. The van der Waals surface area contributed by atoms with Gasteiger partial charge in [-0.15, -0.1) is 11.3 Å². The largest absolute Gasteiger partial charge is 0.335 e. The first-order chi connectivity index (χ1) is 16.0. The number of hydrogen-bond acceptors (Lipinski definition) is 5. The summed E-state index contributed by atoms with van der Waals surface area (Å²) >= 11 is 1.43. The maximum Gasteiger partial charge on any atom is 0.265 e. The zero-order chi connectivity index (χ0) is 22.9. The molecule has 0 N–H and O–H groups in total. The average Bonchev–Trinajstić information content (AvgIpc) is 3.39. The van der Waals surface area contributed by atoms with E-state index < -0.39 is 0 Å². The van der Waals surface area contributed by atoms with E-state index in [2.05, 4.69) is 4.98 Å². The summed E-state index contributed by atoms with van der Waals surface area (Å²) < 4.78 is 1.56. The molecule has 4 aromatic rings. The van der Waals surface area contributed by atoms with Crippen molar-refractivity contribution in [2.45, 2.75) is 6.92 Å². The number of hydrogen-bond donors (Lipinski definition) is 0. The molecular weight excluding hydrogens is 436 g/mol. The average molecular weight is 459 g/mol. The zero-order valence-corrected chi connectivity index (χ0v) is 18.9. The first-order valence-electron chi connectivity index (χ1n) is 10.7. The first-order valence-corrected chi connectivity index (χ1v) is 11.6. The summed E-state index contributed by atoms with van der Waals surface area (Å²) in [6, 6.07) is 18.0. The second-order valence-electron chi connectivity index (χ2n) is 7.93. The van der Waals surface area contributed by atoms with E-state index in [1.165, 1.54) is 11.3 Å². The van der Waals surface area contributed by atoms with Gasteiger partial charge in [0.2, 0.25) is 0 Å². The summed E-state index contributed by atoms with van der Waals surface area (Å²) in [5.74, 6) is 0.529. The van der Waals surface area contributed by atoms with Crippen LogP contribution >= 0.6 is 11.3 Å². The number of piperazine rings is 1. The van der Waals surface area contributed by atoms with Gasteiger partial charge >= 0.3 is 0 Å². The molecule has 1 fully saturated rings. The van der Waals surface area contributed by atoms with E-state index in [1.54, 1.807) is 51.6 Å². The topological polar surface area (TPSA) is 75.5 Å². The van der Waals surface area contributed by atoms with E-state index in [4.69, 9.17) is 0 Å². The third kappa shape index (κ3) is 3.93. The Kier molecular flexibility index (Phi) is 5.51. The van der Waals surface area contributed by atoms with Gasteiger partial charge in [-0.05, 0) is 54.8 Å². The van der Waals surface area contributed by atoms with Crippen molar-refractivity contribution in [3.05, 3.63) is 92.7 Å². The number of aryl methyl sites for hydroxylation is 1. The van der Waals surface area contributed by atoms with Crippen LogP contribution in [0.1, 0.15) is 25.9 Å². The van der Waals surface area contributed by atoms with Gasteiger partial charge in [0, 0.05) is 31.7 Å². The van der Waals surface area contributed by atoms with Crippen LogP contribution in [0.3, 0.4) is 0 Å². The third-order valence-corrected chi connectivity index (χ3v) is 6.76. The monoisotopic (exact) mass is 458 g/mol. The van der Waals surface area contributed by atoms with Crippen molar-refractivity contribution in [3.63, 3.8) is 0 Å². The Hall–Kier alpha value is -3.78. The molecular formula is C25H22N4O3S. The second kappa shape index (κ2) is 8.63. The molecule has 1 aliphatic heterocycles. The van der Waals surface area contributed by atoms with Gasteiger partial charge in [0.25, 0.3) is 17.4 Å². The van der Waals surface area contributed by atoms with E-state index in [-0.39, 0.29) is 17.4 Å². The van der Waals surface area contributed by atoms with Crippen molar-refractivity contribution in [1.82, 2.24) is 19.4 Å². The SMILES string of the molecule is Cc1nc2ccccc2c(=O)n1-c1ccc(C(=O)N2CCN(C(=O)c3cccs3)CC2)cc1. The minimum absolute atomic E-state index is 0.0197. The summed E-state index contributed by atoms with van der Waals surface area (Å²) in [4.78, 5) is 47.3. The summed E-state index contributed by atoms with van der Waals surface area (Å²) in [6.07, 6.45) is 0. The smallest absolute Gasteiger partial charge is 0.265 e. The molecule has 8 heteroatoms. The lowest BCUT2D eigenvalue weighted by Crippen LogP contribution is -2.50. The molecule has 0 radical (unpaired) electrons. The highest BCUT2D eigenvalue weighted by atomic mass is 32.1. The predicted molar refractivity (Wildman–Crippen MR) is 128 cm³/mol. The number of rotatable bonds is 3. The highest BCUT2D eigenvalue weighted by Gasteiger charge is 2.26. The molecule has 2 aromatic heterocycles. The van der Waals surface area contributed by atoms with Crippen LogP contribution in [0.4, 0.5) is 0 Å². The van der Waals surface area contributed by atoms with Gasteiger partial charge in [-0.25, -0.2) is 4.98 Å². The number of amides is 2. The van der Waals surface area contributed by atoms with Crippen LogP contribution < -0.4 is 5.56 Å². The fourth-order valence-corrected chi connectivity index (χ4v) is 4.84. The lowest BCUT2D eigenvalue weighted by atomic mass is 10.1. The van der Waals surface area contributed by atoms with Gasteiger partial charge in [0.1, 0.15) is 5.82 Å². The van der Waals surface area contributed by atoms with E-state index in [0.29, 0.717) is 54.2 Å². The molecule has 0 bridgehead atoms. The van der Waals surface area contributed by atoms with Crippen LogP contribution in [0.25, 0.3) is 16.6 Å². The molecule has 0 saturated carbocycles. The number of para-hydroxylation sites is 1. The van der Waals surface area contributed by atoms with Crippen molar-refractivity contribution >= 4 is 34.1 Å². The number of fused-ring (bicyclic) bond motifs is 1. The number of benzene rings is 2. The minimum atomic E-state index is -0.135. The van der Waals surface area contributed by atoms with Crippen LogP contribution in [0.15, 0.2) is 70.8 Å². The maximum atomic E-state index is 13.0. The lowest BCUT2D eigenvalue weighted by Gasteiger charge is -2.34. The van der Waals surface area contributed by atoms with Crippen molar-refractivity contribution in [2.75, 3.05) is 26.2 Å². The summed E-state index contributed by atoms with van der Waals surface area (Å²) in [7, 11) is 0. The highest BCUT2D eigenvalue weighted by molar-refractivity contribution is 7.12. The molecule has 0 spiro atoms. The van der Waals surface area contributed by atoms with Gasteiger partial charge in [0.05, 0.1) is 21.5 Å². The molecule has 1 aliphatic rings. The molecule has 2 amide bonds. The molecule has 166 valence electrons. The van der Waals surface area contributed by atoms with Crippen LogP contribution in [0.2, 0.25) is 0 Å². The molecule has 33 heavy (non-hydrogen) atoms. The Bertz CT molecular complexity index is 1390. The number of carbonyl (C=O) groups excluding carboxylic acids is 2. The molecule has 3 heterocycles. The second-order valence-corrected chi connectivity index (χ2v) is 8.87. The van der Waals surface area contributed by atoms with Gasteiger partial charge in [-0.2, -0.15) is 0 Å². The van der Waals surface area contributed by atoms with E-state index >= 15 is 0 Å². The number of aromatic nitrogens is 2. The van der Waals surface area contributed by atoms with E-state index in [9.17, 15) is 14.4 Å². The molecule has 1 saturated heterocycles. The van der Waals surface area contributed by atoms with Gasteiger partial charge < -0.3 is 9.80 Å². The third-order valence-electron chi connectivity index (χ3n) is 5.90. The van der Waals surface area contributed by atoms with Crippen LogP contribution in [0, 0.1) is 6.92 Å². The maximum absolute atomic E-state index is 13.0. The summed E-state index contributed by atoms with van der Waals surface area (Å²) in [5.41, 5.74) is 1.75. The first kappa shape index (κ1) is 21.1. The van der Waals surface area contributed by atoms with Crippen molar-refractivity contribution in [3.8, 4) is 5.69 Å². The van der Waals surface area contributed by atoms with Crippen LogP contribution in [-0.2, 0) is 0 Å². The Balaban J connectivity index is 1.31. The Labute approximate surface area is 194 Å². The van der Waals surface area contributed by atoms with E-state index in [0.717, 1.165) is 4.88 Å². The fourth-order valence-electron chi connectivity index (χ4n) is 4.15. The zero-order valence-electron chi connectivity index (χ0n) is 18.1. The minimum Gasteiger partial charge on any atom is -0.335 e. The number of thiophene rings is 1. The predicted octanol–water partition coefficient (Wildman–Crippen LogP) is 3.35. The Morgan fingerprint density at radius 2 is 1.52 bits per heavy atom. The van der Waals surface area contributed by atoms with Crippen molar-refractivity contribution < 1.29 is 9.59 Å². The standard InChI is InChI=1S/C25H22N4O3S/c1-17-26-21-6-3-2-5-20(21)24(31)29(17)19-10-8-18(9-11-19)23(30)27-12-14-28(15-13-27)25(32)22-7-4-16-33-22/h2-11,16H,12-15H2,1H3. The number of carbonyl (C=O) groups is 2. The molecule has 0 aliphatic carbocycles. The molecule has 5 rings (SSSR count). The fraction of sp³-hybridized carbons (Fsp3) is 0.200. The van der Waals surface area contributed by atoms with E-state index in [1.807, 2.05) is 35.7 Å². The molecule has 0 unspecified atom stereocenters. The summed E-state index contributed by atoms with van der Waals surface area (Å²) in [5, 5.41) is 2.44. The van der Waals surface area contributed by atoms with Gasteiger partial charge in [0.15, 0.2) is 0 Å². The Morgan fingerprint density at radius 3 is 2.18 bits per heavy atom. The van der Waals surface area contributed by atoms with Crippen molar-refractivity contribution in [2.24, 2.45) is 0 Å². The summed E-state index contributed by atoms with van der Waals surface area (Å²) in [6.45, 7) is 3.80. The number of nitrogens with zero attached hydrogens (tertiary/aromatic N) is 4. The van der Waals surface area contributed by atoms with Crippen LogP contribution in [0.5, 0.6) is 0 Å². The van der Waals surface area contributed by atoms with Gasteiger partial charge in [-0.1, -0.05) is 18.2 Å².